The first-order chi connectivity index (χ1) is 10.3. The third-order valence-electron chi connectivity index (χ3n) is 4.36. The van der Waals surface area contributed by atoms with Gasteiger partial charge in [0.2, 0.25) is 0 Å². The van der Waals surface area contributed by atoms with Crippen LogP contribution in [-0.4, -0.2) is 19.1 Å². The largest absolute Gasteiger partial charge is 0.495 e. The molecule has 1 aliphatic carbocycles. The summed E-state index contributed by atoms with van der Waals surface area (Å²) in [5.41, 5.74) is 5.61. The summed E-state index contributed by atoms with van der Waals surface area (Å²) >= 11 is 0. The summed E-state index contributed by atoms with van der Waals surface area (Å²) in [4.78, 5) is 4.13. The summed E-state index contributed by atoms with van der Waals surface area (Å²) in [5, 5.41) is 3.40. The molecule has 1 aliphatic rings. The van der Waals surface area contributed by atoms with Gasteiger partial charge < -0.3 is 10.1 Å². The van der Waals surface area contributed by atoms with Crippen molar-refractivity contribution in [1.29, 1.82) is 0 Å². The monoisotopic (exact) mass is 282 g/mol. The van der Waals surface area contributed by atoms with Crippen LogP contribution >= 0.6 is 0 Å². The molecule has 110 valence electrons. The number of fused-ring (bicyclic) bond motifs is 1. The lowest BCUT2D eigenvalue weighted by Crippen LogP contribution is -2.19. The van der Waals surface area contributed by atoms with Gasteiger partial charge in [-0.05, 0) is 55.5 Å². The van der Waals surface area contributed by atoms with E-state index in [2.05, 4.69) is 28.5 Å². The standard InChI is InChI=1S/C18H22N2O/c1-19-17(16-8-9-20-12-18(16)21-2)11-13-6-7-14-4-3-5-15(14)10-13/h6-10,12,17,19H,3-5,11H2,1-2H3. The molecule has 0 spiro atoms. The quantitative estimate of drug-likeness (QED) is 0.915. The summed E-state index contributed by atoms with van der Waals surface area (Å²) in [5.74, 6) is 0.845. The molecule has 2 aromatic rings. The van der Waals surface area contributed by atoms with Gasteiger partial charge in [0.05, 0.1) is 13.3 Å². The van der Waals surface area contributed by atoms with Crippen LogP contribution in [0.25, 0.3) is 0 Å². The van der Waals surface area contributed by atoms with Crippen LogP contribution < -0.4 is 10.1 Å². The number of hydrogen-bond acceptors (Lipinski definition) is 3. The number of nitrogens with zero attached hydrogens (tertiary/aromatic N) is 1. The van der Waals surface area contributed by atoms with E-state index in [0.29, 0.717) is 0 Å². The van der Waals surface area contributed by atoms with Crippen molar-refractivity contribution in [2.75, 3.05) is 14.2 Å². The average molecular weight is 282 g/mol. The van der Waals surface area contributed by atoms with Gasteiger partial charge >= 0.3 is 0 Å². The van der Waals surface area contributed by atoms with Crippen LogP contribution in [0.15, 0.2) is 36.7 Å². The van der Waals surface area contributed by atoms with Crippen LogP contribution in [0.3, 0.4) is 0 Å². The second kappa shape index (κ2) is 6.27. The van der Waals surface area contributed by atoms with Gasteiger partial charge in [-0.1, -0.05) is 18.2 Å². The zero-order chi connectivity index (χ0) is 14.7. The highest BCUT2D eigenvalue weighted by atomic mass is 16.5. The van der Waals surface area contributed by atoms with Crippen molar-refractivity contribution < 1.29 is 4.74 Å². The number of likely N-dealkylation sites (N-methyl/N-ethyl adjacent to an activating group) is 1. The van der Waals surface area contributed by atoms with Crippen molar-refractivity contribution in [3.8, 4) is 5.75 Å². The molecule has 1 heterocycles. The van der Waals surface area contributed by atoms with E-state index in [9.17, 15) is 0 Å². The van der Waals surface area contributed by atoms with Gasteiger partial charge in [-0.25, -0.2) is 0 Å². The van der Waals surface area contributed by atoms with Crippen molar-refractivity contribution in [2.24, 2.45) is 0 Å². The molecule has 0 radical (unpaired) electrons. The van der Waals surface area contributed by atoms with E-state index >= 15 is 0 Å². The molecular weight excluding hydrogens is 260 g/mol. The maximum Gasteiger partial charge on any atom is 0.141 e. The maximum absolute atomic E-state index is 5.44. The lowest BCUT2D eigenvalue weighted by molar-refractivity contribution is 0.399. The van der Waals surface area contributed by atoms with E-state index in [4.69, 9.17) is 4.74 Å². The Morgan fingerprint density at radius 3 is 2.90 bits per heavy atom. The Morgan fingerprint density at radius 2 is 2.10 bits per heavy atom. The van der Waals surface area contributed by atoms with E-state index in [1.807, 2.05) is 19.3 Å². The van der Waals surface area contributed by atoms with Gasteiger partial charge in [-0.3, -0.25) is 4.98 Å². The Labute approximate surface area is 126 Å². The lowest BCUT2D eigenvalue weighted by atomic mass is 9.97. The zero-order valence-corrected chi connectivity index (χ0v) is 12.7. The predicted octanol–water partition coefficient (Wildman–Crippen LogP) is 3.08. The fraction of sp³-hybridized carbons (Fsp3) is 0.389. The molecule has 1 aromatic carbocycles. The molecule has 3 rings (SSSR count). The Morgan fingerprint density at radius 1 is 1.24 bits per heavy atom. The highest BCUT2D eigenvalue weighted by molar-refractivity contribution is 5.38. The van der Waals surface area contributed by atoms with Crippen molar-refractivity contribution in [2.45, 2.75) is 31.7 Å². The summed E-state index contributed by atoms with van der Waals surface area (Å²) < 4.78 is 5.44. The summed E-state index contributed by atoms with van der Waals surface area (Å²) in [6.07, 6.45) is 8.33. The van der Waals surface area contributed by atoms with Crippen LogP contribution in [0.1, 0.15) is 34.7 Å². The van der Waals surface area contributed by atoms with Gasteiger partial charge in [-0.2, -0.15) is 0 Å². The Bertz CT molecular complexity index is 624. The van der Waals surface area contributed by atoms with E-state index in [1.54, 1.807) is 13.3 Å². The van der Waals surface area contributed by atoms with Crippen LogP contribution in [0.4, 0.5) is 0 Å². The molecule has 3 nitrogen and oxygen atoms in total. The normalized spacial score (nSPS) is 14.8. The van der Waals surface area contributed by atoms with Crippen LogP contribution in [0.5, 0.6) is 5.75 Å². The number of ether oxygens (including phenoxy) is 1. The van der Waals surface area contributed by atoms with Crippen molar-refractivity contribution in [3.63, 3.8) is 0 Å². The topological polar surface area (TPSA) is 34.2 Å². The summed E-state index contributed by atoms with van der Waals surface area (Å²) in [6.45, 7) is 0. The van der Waals surface area contributed by atoms with E-state index in [1.165, 1.54) is 36.0 Å². The first kappa shape index (κ1) is 14.1. The second-order valence-corrected chi connectivity index (χ2v) is 5.62. The molecule has 1 atom stereocenters. The number of pyridine rings is 1. The molecule has 0 fully saturated rings. The van der Waals surface area contributed by atoms with E-state index in [-0.39, 0.29) is 6.04 Å². The van der Waals surface area contributed by atoms with E-state index < -0.39 is 0 Å². The summed E-state index contributed by atoms with van der Waals surface area (Å²) in [6, 6.07) is 9.21. The lowest BCUT2D eigenvalue weighted by Gasteiger charge is -2.19. The molecular formula is C18H22N2O. The van der Waals surface area contributed by atoms with E-state index in [0.717, 1.165) is 17.7 Å². The molecule has 0 saturated carbocycles. The maximum atomic E-state index is 5.44. The summed E-state index contributed by atoms with van der Waals surface area (Å²) in [7, 11) is 3.69. The van der Waals surface area contributed by atoms with Crippen molar-refractivity contribution in [3.05, 3.63) is 58.9 Å². The Hall–Kier alpha value is -1.87. The highest BCUT2D eigenvalue weighted by Gasteiger charge is 2.17. The highest BCUT2D eigenvalue weighted by Crippen LogP contribution is 2.28. The third-order valence-corrected chi connectivity index (χ3v) is 4.36. The number of rotatable bonds is 5. The molecule has 1 aromatic heterocycles. The molecule has 1 unspecified atom stereocenters. The molecule has 3 heteroatoms. The minimum Gasteiger partial charge on any atom is -0.495 e. The molecule has 0 saturated heterocycles. The molecule has 0 amide bonds. The van der Waals surface area contributed by atoms with Crippen LogP contribution in [0, 0.1) is 0 Å². The Balaban J connectivity index is 1.84. The van der Waals surface area contributed by atoms with Gasteiger partial charge in [0.1, 0.15) is 5.75 Å². The number of methoxy groups -OCH3 is 1. The number of benzene rings is 1. The number of aryl methyl sites for hydroxylation is 2. The SMILES string of the molecule is CNC(Cc1ccc2c(c1)CCC2)c1ccncc1OC. The van der Waals surface area contributed by atoms with Crippen LogP contribution in [0.2, 0.25) is 0 Å². The average Bonchev–Trinajstić information content (AvgIpc) is 3.00. The second-order valence-electron chi connectivity index (χ2n) is 5.62. The number of aromatic nitrogens is 1. The predicted molar refractivity (Wildman–Crippen MR) is 84.8 cm³/mol. The van der Waals surface area contributed by atoms with Gasteiger partial charge in [-0.15, -0.1) is 0 Å². The fourth-order valence-corrected chi connectivity index (χ4v) is 3.20. The third kappa shape index (κ3) is 2.93. The molecule has 0 aliphatic heterocycles. The van der Waals surface area contributed by atoms with Crippen molar-refractivity contribution in [1.82, 2.24) is 10.3 Å². The van der Waals surface area contributed by atoms with Gasteiger partial charge in [0.25, 0.3) is 0 Å². The minimum atomic E-state index is 0.238. The van der Waals surface area contributed by atoms with Crippen molar-refractivity contribution >= 4 is 0 Å². The first-order valence-electron chi connectivity index (χ1n) is 7.57. The van der Waals surface area contributed by atoms with Gasteiger partial charge in [0, 0.05) is 17.8 Å². The number of nitrogens with one attached hydrogen (secondary N) is 1. The Kier molecular flexibility index (Phi) is 4.20. The molecule has 21 heavy (non-hydrogen) atoms. The first-order valence-corrected chi connectivity index (χ1v) is 7.57. The minimum absolute atomic E-state index is 0.238. The fourth-order valence-electron chi connectivity index (χ4n) is 3.20. The molecule has 1 N–H and O–H groups in total. The number of hydrogen-bond donors (Lipinski definition) is 1. The zero-order valence-electron chi connectivity index (χ0n) is 12.7. The smallest absolute Gasteiger partial charge is 0.141 e. The molecule has 0 bridgehead atoms. The van der Waals surface area contributed by atoms with Crippen LogP contribution in [-0.2, 0) is 19.3 Å². The van der Waals surface area contributed by atoms with Gasteiger partial charge in [0.15, 0.2) is 0 Å².